The van der Waals surface area contributed by atoms with Crippen molar-refractivity contribution < 1.29 is 46.5 Å². The molecule has 1 radical (unpaired) electrons. The molecule has 225 valence electrons. The summed E-state index contributed by atoms with van der Waals surface area (Å²) in [5.41, 5.74) is 5.91. The number of aromatic nitrogens is 2. The van der Waals surface area contributed by atoms with Crippen molar-refractivity contribution in [2.24, 2.45) is 0 Å². The van der Waals surface area contributed by atoms with Gasteiger partial charge in [-0.3, -0.25) is 9.59 Å². The van der Waals surface area contributed by atoms with Crippen LogP contribution >= 0.6 is 0 Å². The van der Waals surface area contributed by atoms with Crippen LogP contribution in [-0.2, 0) is 39.7 Å². The maximum atomic E-state index is 12.6. The van der Waals surface area contributed by atoms with Crippen LogP contribution in [0.1, 0.15) is 92.1 Å². The van der Waals surface area contributed by atoms with Crippen LogP contribution < -0.4 is 10.2 Å². The van der Waals surface area contributed by atoms with Gasteiger partial charge in [-0.25, -0.2) is 0 Å². The summed E-state index contributed by atoms with van der Waals surface area (Å²) < 4.78 is 3.65. The molecular weight excluding hydrogens is 596 g/mol. The zero-order valence-electron chi connectivity index (χ0n) is 24.0. The molecule has 2 aliphatic rings. The van der Waals surface area contributed by atoms with Crippen LogP contribution in [0.4, 0.5) is 0 Å². The van der Waals surface area contributed by atoms with Crippen molar-refractivity contribution in [1.29, 1.82) is 0 Å². The van der Waals surface area contributed by atoms with E-state index in [1.807, 2.05) is 47.2 Å². The average Bonchev–Trinajstić information content (AvgIpc) is 3.62. The summed E-state index contributed by atoms with van der Waals surface area (Å²) in [6.45, 7) is 5.30. The molecule has 2 aromatic carbocycles. The summed E-state index contributed by atoms with van der Waals surface area (Å²) in [5, 5.41) is 22.4. The first-order valence-corrected chi connectivity index (χ1v) is 14.2. The van der Waals surface area contributed by atoms with Gasteiger partial charge in [0.25, 0.3) is 0 Å². The minimum Gasteiger partial charge on any atom is -0.549 e. The van der Waals surface area contributed by atoms with Crippen LogP contribution in [0, 0.1) is 13.8 Å². The molecule has 0 bridgehead atoms. The quantitative estimate of drug-likeness (QED) is 0.239. The normalized spacial score (nSPS) is 16.9. The number of hydrogen-bond donors (Lipinski definition) is 0. The van der Waals surface area contributed by atoms with Gasteiger partial charge in [-0.2, -0.15) is 0 Å². The number of aryl methyl sites for hydroxylation is 2. The summed E-state index contributed by atoms with van der Waals surface area (Å²) in [6, 6.07) is 21.7. The van der Waals surface area contributed by atoms with E-state index in [2.05, 4.69) is 0 Å². The van der Waals surface area contributed by atoms with E-state index >= 15 is 0 Å². The molecule has 43 heavy (non-hydrogen) atoms. The van der Waals surface area contributed by atoms with Gasteiger partial charge in [0.05, 0.1) is 23.3 Å². The predicted molar refractivity (Wildman–Crippen MR) is 152 cm³/mol. The Balaban J connectivity index is 0.000000192. The summed E-state index contributed by atoms with van der Waals surface area (Å²) in [7, 11) is 0. The number of hydrogen-bond acceptors (Lipinski definition) is 6. The first-order valence-electron chi connectivity index (χ1n) is 14.2. The van der Waals surface area contributed by atoms with Gasteiger partial charge in [-0.1, -0.05) is 59.7 Å². The Morgan fingerprint density at radius 2 is 0.930 bits per heavy atom. The molecule has 8 nitrogen and oxygen atoms in total. The maximum absolute atomic E-state index is 12.6. The van der Waals surface area contributed by atoms with Crippen molar-refractivity contribution in [3.05, 3.63) is 118 Å². The predicted octanol–water partition coefficient (Wildman–Crippen LogP) is 3.31. The summed E-state index contributed by atoms with van der Waals surface area (Å²) >= 11 is 0. The van der Waals surface area contributed by atoms with Crippen molar-refractivity contribution in [1.82, 2.24) is 9.13 Å². The van der Waals surface area contributed by atoms with Crippen molar-refractivity contribution >= 4 is 23.5 Å². The molecule has 0 amide bonds. The number of aliphatic carboxylic acids is 2. The van der Waals surface area contributed by atoms with Crippen LogP contribution in [0.5, 0.6) is 0 Å². The molecule has 0 spiro atoms. The summed E-state index contributed by atoms with van der Waals surface area (Å²) in [6.07, 6.45) is 2.64. The molecule has 0 aliphatic carbocycles. The molecule has 6 rings (SSSR count). The number of carboxylic acids is 2. The largest absolute Gasteiger partial charge is 2.00 e. The van der Waals surface area contributed by atoms with Gasteiger partial charge in [0.1, 0.15) is 0 Å². The Labute approximate surface area is 260 Å². The van der Waals surface area contributed by atoms with Crippen LogP contribution in [0.2, 0.25) is 0 Å². The van der Waals surface area contributed by atoms with Gasteiger partial charge in [0.15, 0.2) is 0 Å². The second-order valence-electron chi connectivity index (χ2n) is 11.0. The van der Waals surface area contributed by atoms with Gasteiger partial charge in [0.2, 0.25) is 11.6 Å². The number of carbonyl (C=O) groups excluding carboxylic acids is 4. The number of nitrogens with zero attached hydrogens (tertiary/aromatic N) is 2. The standard InChI is InChI=1S/2C17H17NO3.Cu/c2*1-11-4-6-12(7-5-11)16(19)15-9-8-14-13(17(20)21)3-2-10-18(14)15;/h2*4-9,13H,2-3,10H2,1H3,(H,20,21);/q;;+2/p-2. The molecule has 0 N–H and O–H groups in total. The topological polar surface area (TPSA) is 124 Å². The number of benzene rings is 2. The monoisotopic (exact) mass is 627 g/mol. The van der Waals surface area contributed by atoms with E-state index in [0.29, 0.717) is 59.8 Å². The first-order chi connectivity index (χ1) is 20.2. The fourth-order valence-corrected chi connectivity index (χ4v) is 5.86. The first kappa shape index (κ1) is 31.7. The molecule has 0 fully saturated rings. The zero-order valence-corrected chi connectivity index (χ0v) is 24.9. The van der Waals surface area contributed by atoms with Gasteiger partial charge in [-0.05, 0) is 63.8 Å². The Morgan fingerprint density at radius 1 is 0.581 bits per heavy atom. The maximum Gasteiger partial charge on any atom is 2.00 e. The third-order valence-corrected chi connectivity index (χ3v) is 8.15. The minimum absolute atomic E-state index is 0. The minimum atomic E-state index is -1.07. The second-order valence-corrected chi connectivity index (χ2v) is 11.0. The summed E-state index contributed by atoms with van der Waals surface area (Å²) in [4.78, 5) is 47.6. The molecule has 2 aliphatic heterocycles. The molecule has 4 aromatic rings. The van der Waals surface area contributed by atoms with E-state index in [-0.39, 0.29) is 28.6 Å². The Bertz CT molecular complexity index is 1530. The molecular formula is C34H32CuN2O6. The van der Waals surface area contributed by atoms with Gasteiger partial charge in [0, 0.05) is 47.4 Å². The smallest absolute Gasteiger partial charge is 0.549 e. The van der Waals surface area contributed by atoms with Crippen LogP contribution in [0.25, 0.3) is 0 Å². The van der Waals surface area contributed by atoms with Crippen LogP contribution in [-0.4, -0.2) is 32.6 Å². The van der Waals surface area contributed by atoms with Gasteiger partial charge in [-0.15, -0.1) is 0 Å². The van der Waals surface area contributed by atoms with E-state index in [1.165, 1.54) is 0 Å². The van der Waals surface area contributed by atoms with E-state index < -0.39 is 23.8 Å². The number of carbonyl (C=O) groups is 4. The van der Waals surface area contributed by atoms with E-state index in [1.54, 1.807) is 48.5 Å². The third kappa shape index (κ3) is 6.58. The van der Waals surface area contributed by atoms with Crippen molar-refractivity contribution in [3.63, 3.8) is 0 Å². The van der Waals surface area contributed by atoms with Crippen molar-refractivity contribution in [2.75, 3.05) is 0 Å². The van der Waals surface area contributed by atoms with Gasteiger partial charge < -0.3 is 28.9 Å². The number of fused-ring (bicyclic) bond motifs is 2. The number of ketones is 2. The fourth-order valence-electron chi connectivity index (χ4n) is 5.86. The SMILES string of the molecule is Cc1ccc(C(=O)c2ccc3n2CCCC3C(=O)[O-])cc1.Cc1ccc(C(=O)c2ccc3n2CCCC3C(=O)[O-])cc1.[Cu+2]. The molecule has 2 atom stereocenters. The fraction of sp³-hybridized carbons (Fsp3) is 0.294. The Kier molecular flexibility index (Phi) is 9.89. The number of carboxylic acid groups (broad SMARTS) is 2. The number of rotatable bonds is 6. The summed E-state index contributed by atoms with van der Waals surface area (Å²) in [5.74, 6) is -3.50. The van der Waals surface area contributed by atoms with E-state index in [4.69, 9.17) is 0 Å². The molecule has 2 aromatic heterocycles. The molecule has 0 saturated heterocycles. The molecule has 4 heterocycles. The second kappa shape index (κ2) is 13.4. The average molecular weight is 628 g/mol. The third-order valence-electron chi connectivity index (χ3n) is 8.15. The molecule has 0 saturated carbocycles. The Morgan fingerprint density at radius 3 is 1.26 bits per heavy atom. The van der Waals surface area contributed by atoms with Crippen molar-refractivity contribution in [3.8, 4) is 0 Å². The van der Waals surface area contributed by atoms with Crippen LogP contribution in [0.15, 0.2) is 72.8 Å². The van der Waals surface area contributed by atoms with E-state index in [0.717, 1.165) is 24.0 Å². The zero-order chi connectivity index (χ0) is 30.0. The Hall–Kier alpha value is -4.20. The van der Waals surface area contributed by atoms with Gasteiger partial charge >= 0.3 is 17.1 Å². The molecule has 9 heteroatoms. The van der Waals surface area contributed by atoms with Crippen LogP contribution in [0.3, 0.4) is 0 Å². The van der Waals surface area contributed by atoms with E-state index in [9.17, 15) is 29.4 Å². The molecule has 2 unspecified atom stereocenters. The van der Waals surface area contributed by atoms with Crippen molar-refractivity contribution in [2.45, 2.75) is 64.5 Å².